The van der Waals surface area contributed by atoms with Crippen molar-refractivity contribution in [1.29, 1.82) is 0 Å². The van der Waals surface area contributed by atoms with Crippen LogP contribution in [0.4, 0.5) is 5.69 Å². The Hall–Kier alpha value is -2.87. The second-order valence-corrected chi connectivity index (χ2v) is 11.9. The zero-order valence-corrected chi connectivity index (χ0v) is 23.4. The third-order valence-electron chi connectivity index (χ3n) is 6.18. The summed E-state index contributed by atoms with van der Waals surface area (Å²) < 4.78 is 27.0. The molecule has 0 bridgehead atoms. The Labute approximate surface area is 216 Å². The topological polar surface area (TPSA) is 86.8 Å². The lowest BCUT2D eigenvalue weighted by molar-refractivity contribution is -0.140. The van der Waals surface area contributed by atoms with Crippen LogP contribution in [-0.4, -0.2) is 50.5 Å². The number of anilines is 1. The monoisotopic (exact) mass is 515 g/mol. The predicted molar refractivity (Wildman–Crippen MR) is 146 cm³/mol. The summed E-state index contributed by atoms with van der Waals surface area (Å²) in [5.74, 6) is -0.329. The van der Waals surface area contributed by atoms with Crippen LogP contribution in [0.5, 0.6) is 0 Å². The molecule has 2 aromatic carbocycles. The summed E-state index contributed by atoms with van der Waals surface area (Å²) in [5, 5.41) is 2.94. The molecule has 0 fully saturated rings. The molecule has 0 aliphatic heterocycles. The molecule has 0 aliphatic carbocycles. The van der Waals surface area contributed by atoms with Gasteiger partial charge in [0.15, 0.2) is 0 Å². The Kier molecular flexibility index (Phi) is 10.5. The van der Waals surface area contributed by atoms with Crippen LogP contribution < -0.4 is 9.62 Å². The third-order valence-corrected chi connectivity index (χ3v) is 7.31. The summed E-state index contributed by atoms with van der Waals surface area (Å²) >= 11 is 0. The third kappa shape index (κ3) is 7.82. The van der Waals surface area contributed by atoms with E-state index in [0.29, 0.717) is 18.7 Å². The largest absolute Gasteiger partial charge is 0.354 e. The highest BCUT2D eigenvalue weighted by Gasteiger charge is 2.32. The zero-order valence-electron chi connectivity index (χ0n) is 22.6. The van der Waals surface area contributed by atoms with E-state index in [9.17, 15) is 18.0 Å². The van der Waals surface area contributed by atoms with Crippen molar-refractivity contribution >= 4 is 27.5 Å². The fourth-order valence-electron chi connectivity index (χ4n) is 4.11. The first-order valence-corrected chi connectivity index (χ1v) is 14.4. The van der Waals surface area contributed by atoms with Crippen molar-refractivity contribution in [3.05, 3.63) is 65.2 Å². The van der Waals surface area contributed by atoms with E-state index in [4.69, 9.17) is 0 Å². The highest BCUT2D eigenvalue weighted by molar-refractivity contribution is 7.92. The summed E-state index contributed by atoms with van der Waals surface area (Å²) in [6.45, 7) is 12.1. The smallest absolute Gasteiger partial charge is 0.244 e. The standard InChI is InChI=1S/C28H41N3O4S/c1-8-25(28(33)29-17-20(2)3)30(18-23-14-10-9-13-22(23)6)27(32)19-31(36(7,34)35)26-16-12-11-15-24(26)21(4)5/h9-16,20-21,25H,8,17-19H2,1-7H3,(H,29,33)/t25-/m1/s1. The lowest BCUT2D eigenvalue weighted by Gasteiger charge is -2.34. The van der Waals surface area contributed by atoms with Crippen LogP contribution in [0.2, 0.25) is 0 Å². The maximum Gasteiger partial charge on any atom is 0.244 e. The van der Waals surface area contributed by atoms with Crippen molar-refractivity contribution in [3.63, 3.8) is 0 Å². The summed E-state index contributed by atoms with van der Waals surface area (Å²) in [5.41, 5.74) is 3.23. The predicted octanol–water partition coefficient (Wildman–Crippen LogP) is 4.46. The van der Waals surface area contributed by atoms with Gasteiger partial charge in [-0.05, 0) is 47.9 Å². The molecular weight excluding hydrogens is 474 g/mol. The molecule has 0 aromatic heterocycles. The first-order valence-electron chi connectivity index (χ1n) is 12.5. The van der Waals surface area contributed by atoms with Gasteiger partial charge in [0.2, 0.25) is 21.8 Å². The van der Waals surface area contributed by atoms with E-state index in [-0.39, 0.29) is 30.8 Å². The SMILES string of the molecule is CC[C@H](C(=O)NCC(C)C)N(Cc1ccccc1C)C(=O)CN(c1ccccc1C(C)C)S(C)(=O)=O. The second-order valence-electron chi connectivity index (χ2n) is 9.99. The van der Waals surface area contributed by atoms with Gasteiger partial charge in [-0.2, -0.15) is 0 Å². The average molecular weight is 516 g/mol. The lowest BCUT2D eigenvalue weighted by Crippen LogP contribution is -2.52. The number of hydrogen-bond acceptors (Lipinski definition) is 4. The van der Waals surface area contributed by atoms with Crippen molar-refractivity contribution < 1.29 is 18.0 Å². The number of sulfonamides is 1. The van der Waals surface area contributed by atoms with Crippen LogP contribution in [0.25, 0.3) is 0 Å². The molecule has 198 valence electrons. The van der Waals surface area contributed by atoms with Gasteiger partial charge >= 0.3 is 0 Å². The van der Waals surface area contributed by atoms with Gasteiger partial charge in [-0.15, -0.1) is 0 Å². The minimum Gasteiger partial charge on any atom is -0.354 e. The molecule has 0 heterocycles. The summed E-state index contributed by atoms with van der Waals surface area (Å²) in [7, 11) is -3.77. The number of nitrogens with zero attached hydrogens (tertiary/aromatic N) is 2. The minimum atomic E-state index is -3.77. The molecule has 1 atom stereocenters. The van der Waals surface area contributed by atoms with Gasteiger partial charge in [-0.25, -0.2) is 8.42 Å². The Morgan fingerprint density at radius 3 is 2.14 bits per heavy atom. The summed E-state index contributed by atoms with van der Waals surface area (Å²) in [6.07, 6.45) is 1.51. The normalized spacial score (nSPS) is 12.5. The molecule has 0 saturated carbocycles. The minimum absolute atomic E-state index is 0.0637. The molecule has 0 spiro atoms. The quantitative estimate of drug-likeness (QED) is 0.452. The average Bonchev–Trinajstić information content (AvgIpc) is 2.81. The van der Waals surface area contributed by atoms with E-state index >= 15 is 0 Å². The first kappa shape index (κ1) is 29.4. The maximum atomic E-state index is 13.9. The van der Waals surface area contributed by atoms with Crippen LogP contribution >= 0.6 is 0 Å². The van der Waals surface area contributed by atoms with Crippen molar-refractivity contribution in [1.82, 2.24) is 10.2 Å². The van der Waals surface area contributed by atoms with Gasteiger partial charge in [0, 0.05) is 13.1 Å². The van der Waals surface area contributed by atoms with Gasteiger partial charge in [0.1, 0.15) is 12.6 Å². The number of nitrogens with one attached hydrogen (secondary N) is 1. The number of carbonyl (C=O) groups excluding carboxylic acids is 2. The lowest BCUT2D eigenvalue weighted by atomic mass is 10.0. The molecule has 36 heavy (non-hydrogen) atoms. The van der Waals surface area contributed by atoms with E-state index in [1.165, 1.54) is 4.90 Å². The molecule has 0 aliphatic rings. The van der Waals surface area contributed by atoms with E-state index in [0.717, 1.165) is 27.3 Å². The summed E-state index contributed by atoms with van der Waals surface area (Å²) in [6, 6.07) is 14.2. The van der Waals surface area contributed by atoms with Crippen LogP contribution in [0.3, 0.4) is 0 Å². The summed E-state index contributed by atoms with van der Waals surface area (Å²) in [4.78, 5) is 28.5. The molecule has 0 saturated heterocycles. The molecule has 1 N–H and O–H groups in total. The highest BCUT2D eigenvalue weighted by Crippen LogP contribution is 2.29. The van der Waals surface area contributed by atoms with Crippen LogP contribution in [0, 0.1) is 12.8 Å². The molecule has 8 heteroatoms. The van der Waals surface area contributed by atoms with E-state index < -0.39 is 22.0 Å². The van der Waals surface area contributed by atoms with Gasteiger partial charge in [-0.1, -0.05) is 77.1 Å². The van der Waals surface area contributed by atoms with E-state index in [2.05, 4.69) is 5.32 Å². The number of benzene rings is 2. The van der Waals surface area contributed by atoms with Crippen molar-refractivity contribution in [2.75, 3.05) is 23.7 Å². The molecule has 7 nitrogen and oxygen atoms in total. The van der Waals surface area contributed by atoms with Crippen molar-refractivity contribution in [2.24, 2.45) is 5.92 Å². The van der Waals surface area contributed by atoms with Crippen molar-refractivity contribution in [3.8, 4) is 0 Å². The number of carbonyl (C=O) groups is 2. The number of rotatable bonds is 12. The Bertz CT molecular complexity index is 1140. The Morgan fingerprint density at radius 1 is 0.972 bits per heavy atom. The number of hydrogen-bond donors (Lipinski definition) is 1. The van der Waals surface area contributed by atoms with Crippen molar-refractivity contribution in [2.45, 2.75) is 66.5 Å². The fraction of sp³-hybridized carbons (Fsp3) is 0.500. The van der Waals surface area contributed by atoms with Gasteiger partial charge in [0.25, 0.3) is 0 Å². The molecule has 0 radical (unpaired) electrons. The Balaban J connectivity index is 2.50. The molecular formula is C28H41N3O4S. The molecule has 2 rings (SSSR count). The maximum absolute atomic E-state index is 13.9. The molecule has 2 aromatic rings. The number of para-hydroxylation sites is 1. The van der Waals surface area contributed by atoms with Crippen LogP contribution in [-0.2, 0) is 26.2 Å². The number of amides is 2. The molecule has 0 unspecified atom stereocenters. The van der Waals surface area contributed by atoms with Gasteiger partial charge in [-0.3, -0.25) is 13.9 Å². The fourth-order valence-corrected chi connectivity index (χ4v) is 4.98. The Morgan fingerprint density at radius 2 is 1.58 bits per heavy atom. The zero-order chi connectivity index (χ0) is 27.0. The van der Waals surface area contributed by atoms with Gasteiger partial charge in [0.05, 0.1) is 11.9 Å². The second kappa shape index (κ2) is 12.9. The van der Waals surface area contributed by atoms with E-state index in [1.54, 1.807) is 12.1 Å². The van der Waals surface area contributed by atoms with Gasteiger partial charge < -0.3 is 10.2 Å². The number of aryl methyl sites for hydroxylation is 1. The highest BCUT2D eigenvalue weighted by atomic mass is 32.2. The van der Waals surface area contributed by atoms with Crippen LogP contribution in [0.1, 0.15) is 63.6 Å². The van der Waals surface area contributed by atoms with E-state index in [1.807, 2.05) is 77.9 Å². The molecule has 2 amide bonds. The van der Waals surface area contributed by atoms with Crippen LogP contribution in [0.15, 0.2) is 48.5 Å². The first-order chi connectivity index (χ1) is 16.9.